The highest BCUT2D eigenvalue weighted by Crippen LogP contribution is 2.29. The van der Waals surface area contributed by atoms with Gasteiger partial charge < -0.3 is 10.0 Å². The van der Waals surface area contributed by atoms with Gasteiger partial charge in [-0.3, -0.25) is 0 Å². The maximum atomic E-state index is 13.9. The molecule has 0 saturated carbocycles. The van der Waals surface area contributed by atoms with Crippen molar-refractivity contribution in [1.29, 1.82) is 0 Å². The molecule has 134 valence electrons. The summed E-state index contributed by atoms with van der Waals surface area (Å²) in [6.45, 7) is 4.92. The summed E-state index contributed by atoms with van der Waals surface area (Å²) < 4.78 is 26.9. The average molecular weight is 345 g/mol. The fourth-order valence-corrected chi connectivity index (χ4v) is 3.44. The highest BCUT2D eigenvalue weighted by Gasteiger charge is 2.24. The number of aliphatic hydroxyl groups is 1. The lowest BCUT2D eigenvalue weighted by molar-refractivity contribution is 0.0337. The second-order valence-corrected chi connectivity index (χ2v) is 7.13. The number of hydrogen-bond donors (Lipinski definition) is 1. The second kappa shape index (κ2) is 7.63. The summed E-state index contributed by atoms with van der Waals surface area (Å²) in [7, 11) is 0. The average Bonchev–Trinajstić information content (AvgIpc) is 2.61. The molecule has 0 amide bonds. The van der Waals surface area contributed by atoms with Crippen molar-refractivity contribution in [2.75, 3.05) is 19.6 Å². The molecule has 25 heavy (non-hydrogen) atoms. The van der Waals surface area contributed by atoms with Gasteiger partial charge in [-0.15, -0.1) is 0 Å². The van der Waals surface area contributed by atoms with Crippen LogP contribution >= 0.6 is 0 Å². The van der Waals surface area contributed by atoms with E-state index >= 15 is 0 Å². The van der Waals surface area contributed by atoms with E-state index in [9.17, 15) is 13.9 Å². The molecule has 3 rings (SSSR count). The fourth-order valence-electron chi connectivity index (χ4n) is 3.44. The maximum Gasteiger partial charge on any atom is 0.133 e. The zero-order valence-corrected chi connectivity index (χ0v) is 14.6. The third-order valence-corrected chi connectivity index (χ3v) is 5.11. The maximum absolute atomic E-state index is 13.9. The number of nitrogens with zero attached hydrogens (tertiary/aromatic N) is 1. The number of benzene rings is 2. The Morgan fingerprint density at radius 2 is 1.68 bits per heavy atom. The lowest BCUT2D eigenvalue weighted by atomic mass is 9.90. The first kappa shape index (κ1) is 18.0. The molecule has 1 N–H and O–H groups in total. The SMILES string of the molecule is CC(O)(CCN1CCCCC1)c1ccc(-c2ccc(F)cc2F)cc1. The molecule has 1 heterocycles. The molecular formula is C21H25F2NO. The quantitative estimate of drug-likeness (QED) is 0.848. The minimum atomic E-state index is -0.919. The summed E-state index contributed by atoms with van der Waals surface area (Å²) in [4.78, 5) is 2.40. The van der Waals surface area contributed by atoms with Crippen LogP contribution < -0.4 is 0 Å². The van der Waals surface area contributed by atoms with Crippen molar-refractivity contribution >= 4 is 0 Å². The zero-order valence-electron chi connectivity index (χ0n) is 14.6. The van der Waals surface area contributed by atoms with Crippen LogP contribution in [0.5, 0.6) is 0 Å². The van der Waals surface area contributed by atoms with E-state index in [0.29, 0.717) is 17.5 Å². The fraction of sp³-hybridized carbons (Fsp3) is 0.429. The van der Waals surface area contributed by atoms with E-state index in [1.54, 1.807) is 12.1 Å². The summed E-state index contributed by atoms with van der Waals surface area (Å²) >= 11 is 0. The van der Waals surface area contributed by atoms with Crippen LogP contribution in [0.4, 0.5) is 8.78 Å². The van der Waals surface area contributed by atoms with Gasteiger partial charge >= 0.3 is 0 Å². The monoisotopic (exact) mass is 345 g/mol. The van der Waals surface area contributed by atoms with Gasteiger partial charge in [0, 0.05) is 18.2 Å². The molecule has 2 nitrogen and oxygen atoms in total. The van der Waals surface area contributed by atoms with Gasteiger partial charge in [-0.1, -0.05) is 30.7 Å². The van der Waals surface area contributed by atoms with Gasteiger partial charge in [0.15, 0.2) is 0 Å². The van der Waals surface area contributed by atoms with E-state index in [4.69, 9.17) is 0 Å². The van der Waals surface area contributed by atoms with Crippen molar-refractivity contribution in [3.05, 3.63) is 59.7 Å². The second-order valence-electron chi connectivity index (χ2n) is 7.13. The Bertz CT molecular complexity index is 706. The topological polar surface area (TPSA) is 23.5 Å². The van der Waals surface area contributed by atoms with Crippen molar-refractivity contribution in [3.63, 3.8) is 0 Å². The predicted octanol–water partition coefficient (Wildman–Crippen LogP) is 4.72. The van der Waals surface area contributed by atoms with Gasteiger partial charge in [-0.05, 0) is 62.5 Å². The molecule has 2 aromatic carbocycles. The van der Waals surface area contributed by atoms with E-state index in [1.807, 2.05) is 19.1 Å². The van der Waals surface area contributed by atoms with Crippen molar-refractivity contribution in [3.8, 4) is 11.1 Å². The highest BCUT2D eigenvalue weighted by molar-refractivity contribution is 5.64. The number of hydrogen-bond acceptors (Lipinski definition) is 2. The van der Waals surface area contributed by atoms with Crippen LogP contribution in [0.3, 0.4) is 0 Å². The van der Waals surface area contributed by atoms with Crippen LogP contribution in [0.25, 0.3) is 11.1 Å². The van der Waals surface area contributed by atoms with Crippen molar-refractivity contribution in [2.45, 2.75) is 38.2 Å². The number of halogens is 2. The van der Waals surface area contributed by atoms with Crippen LogP contribution in [0.2, 0.25) is 0 Å². The van der Waals surface area contributed by atoms with Crippen LogP contribution in [0, 0.1) is 11.6 Å². The van der Waals surface area contributed by atoms with Gasteiger partial charge in [0.2, 0.25) is 0 Å². The Morgan fingerprint density at radius 3 is 2.32 bits per heavy atom. The molecule has 1 atom stereocenters. The predicted molar refractivity (Wildman–Crippen MR) is 96.3 cm³/mol. The highest BCUT2D eigenvalue weighted by atomic mass is 19.1. The summed E-state index contributed by atoms with van der Waals surface area (Å²) in [6.07, 6.45) is 4.44. The molecule has 0 aliphatic carbocycles. The zero-order chi connectivity index (χ0) is 17.9. The first-order valence-corrected chi connectivity index (χ1v) is 8.96. The third-order valence-electron chi connectivity index (χ3n) is 5.11. The Hall–Kier alpha value is -1.78. The van der Waals surface area contributed by atoms with E-state index in [0.717, 1.165) is 31.3 Å². The summed E-state index contributed by atoms with van der Waals surface area (Å²) in [6, 6.07) is 10.8. The van der Waals surface area contributed by atoms with Crippen LogP contribution in [-0.2, 0) is 5.60 Å². The Labute approximate surface area is 148 Å². The molecule has 1 fully saturated rings. The summed E-state index contributed by atoms with van der Waals surface area (Å²) in [5, 5.41) is 10.8. The van der Waals surface area contributed by atoms with E-state index in [1.165, 1.54) is 31.4 Å². The molecule has 1 aliphatic rings. The summed E-state index contributed by atoms with van der Waals surface area (Å²) in [5.74, 6) is -1.16. The van der Waals surface area contributed by atoms with Crippen LogP contribution in [0.1, 0.15) is 38.2 Å². The minimum absolute atomic E-state index is 0.362. The first-order chi connectivity index (χ1) is 12.0. The molecule has 1 unspecified atom stereocenters. The smallest absolute Gasteiger partial charge is 0.133 e. The molecular weight excluding hydrogens is 320 g/mol. The van der Waals surface area contributed by atoms with Crippen molar-refractivity contribution in [1.82, 2.24) is 4.90 Å². The van der Waals surface area contributed by atoms with E-state index in [2.05, 4.69) is 4.90 Å². The van der Waals surface area contributed by atoms with Crippen molar-refractivity contribution in [2.24, 2.45) is 0 Å². The molecule has 4 heteroatoms. The van der Waals surface area contributed by atoms with Gasteiger partial charge in [0.1, 0.15) is 11.6 Å². The molecule has 0 radical (unpaired) electrons. The van der Waals surface area contributed by atoms with Crippen molar-refractivity contribution < 1.29 is 13.9 Å². The number of rotatable bonds is 5. The lowest BCUT2D eigenvalue weighted by Gasteiger charge is -2.31. The van der Waals surface area contributed by atoms with Gasteiger partial charge in [-0.25, -0.2) is 8.78 Å². The molecule has 1 aliphatic heterocycles. The lowest BCUT2D eigenvalue weighted by Crippen LogP contribution is -2.34. The third kappa shape index (κ3) is 4.44. The minimum Gasteiger partial charge on any atom is -0.385 e. The normalized spacial score (nSPS) is 18.1. The molecule has 1 saturated heterocycles. The van der Waals surface area contributed by atoms with E-state index < -0.39 is 17.2 Å². The Kier molecular flexibility index (Phi) is 5.50. The van der Waals surface area contributed by atoms with Crippen LogP contribution in [0.15, 0.2) is 42.5 Å². The molecule has 0 bridgehead atoms. The first-order valence-electron chi connectivity index (χ1n) is 8.96. The van der Waals surface area contributed by atoms with Crippen LogP contribution in [-0.4, -0.2) is 29.6 Å². The molecule has 0 aromatic heterocycles. The Balaban J connectivity index is 1.69. The molecule has 2 aromatic rings. The van der Waals surface area contributed by atoms with E-state index in [-0.39, 0.29) is 0 Å². The summed E-state index contributed by atoms with van der Waals surface area (Å²) in [5.41, 5.74) is 0.932. The van der Waals surface area contributed by atoms with Gasteiger partial charge in [-0.2, -0.15) is 0 Å². The number of piperidine rings is 1. The number of likely N-dealkylation sites (tertiary alicyclic amines) is 1. The largest absolute Gasteiger partial charge is 0.385 e. The van der Waals surface area contributed by atoms with Gasteiger partial charge in [0.25, 0.3) is 0 Å². The standard InChI is InChI=1S/C21H25F2NO/c1-21(25,11-14-24-12-3-2-4-13-24)17-7-5-16(6-8-17)19-10-9-18(22)15-20(19)23/h5-10,15,25H,2-4,11-14H2,1H3. The Morgan fingerprint density at radius 1 is 1.00 bits per heavy atom. The van der Waals surface area contributed by atoms with Gasteiger partial charge in [0.05, 0.1) is 5.60 Å². The molecule has 0 spiro atoms.